The van der Waals surface area contributed by atoms with Crippen LogP contribution in [0, 0.1) is 0 Å². The SMILES string of the molecule is CCNC(c1ccc(OC)cc1)c1cc(Cl)cc(Cl)c1. The summed E-state index contributed by atoms with van der Waals surface area (Å²) in [7, 11) is 1.66. The van der Waals surface area contributed by atoms with Crippen molar-refractivity contribution < 1.29 is 4.74 Å². The minimum atomic E-state index is 0.0575. The van der Waals surface area contributed by atoms with Crippen LogP contribution in [0.4, 0.5) is 0 Å². The van der Waals surface area contributed by atoms with Crippen molar-refractivity contribution in [3.05, 3.63) is 63.6 Å². The highest BCUT2D eigenvalue weighted by molar-refractivity contribution is 6.34. The quantitative estimate of drug-likeness (QED) is 0.864. The van der Waals surface area contributed by atoms with Gasteiger partial charge in [0.15, 0.2) is 0 Å². The number of halogens is 2. The molecule has 2 aromatic carbocycles. The molecular formula is C16H17Cl2NO. The molecule has 0 saturated carbocycles. The number of hydrogen-bond acceptors (Lipinski definition) is 2. The van der Waals surface area contributed by atoms with E-state index in [4.69, 9.17) is 27.9 Å². The molecule has 2 aromatic rings. The molecule has 1 atom stereocenters. The zero-order valence-electron chi connectivity index (χ0n) is 11.5. The average Bonchev–Trinajstić information content (AvgIpc) is 2.44. The first-order chi connectivity index (χ1) is 9.63. The molecule has 0 spiro atoms. The van der Waals surface area contributed by atoms with Crippen LogP contribution in [0.15, 0.2) is 42.5 Å². The van der Waals surface area contributed by atoms with Crippen molar-refractivity contribution in [2.24, 2.45) is 0 Å². The van der Waals surface area contributed by atoms with E-state index < -0.39 is 0 Å². The van der Waals surface area contributed by atoms with Crippen LogP contribution in [0.2, 0.25) is 10.0 Å². The molecular weight excluding hydrogens is 293 g/mol. The van der Waals surface area contributed by atoms with Crippen LogP contribution in [-0.2, 0) is 0 Å². The first kappa shape index (κ1) is 15.2. The van der Waals surface area contributed by atoms with Crippen molar-refractivity contribution in [2.45, 2.75) is 13.0 Å². The fourth-order valence-electron chi connectivity index (χ4n) is 2.17. The van der Waals surface area contributed by atoms with Crippen LogP contribution >= 0.6 is 23.2 Å². The maximum Gasteiger partial charge on any atom is 0.118 e. The molecule has 1 N–H and O–H groups in total. The Labute approximate surface area is 129 Å². The van der Waals surface area contributed by atoms with E-state index in [2.05, 4.69) is 12.2 Å². The molecule has 0 aliphatic rings. The van der Waals surface area contributed by atoms with Gasteiger partial charge in [-0.15, -0.1) is 0 Å². The zero-order chi connectivity index (χ0) is 14.5. The van der Waals surface area contributed by atoms with Crippen molar-refractivity contribution in [3.63, 3.8) is 0 Å². The largest absolute Gasteiger partial charge is 0.497 e. The highest BCUT2D eigenvalue weighted by Gasteiger charge is 2.14. The minimum Gasteiger partial charge on any atom is -0.497 e. The van der Waals surface area contributed by atoms with Crippen molar-refractivity contribution in [3.8, 4) is 5.75 Å². The first-order valence-electron chi connectivity index (χ1n) is 6.47. The third kappa shape index (κ3) is 3.66. The standard InChI is InChI=1S/C16H17Cl2NO/c1-3-19-16(11-4-6-15(20-2)7-5-11)12-8-13(17)10-14(18)9-12/h4-10,16,19H,3H2,1-2H3. The predicted octanol–water partition coefficient (Wildman–Crippen LogP) is 4.70. The van der Waals surface area contributed by atoms with E-state index in [9.17, 15) is 0 Å². The van der Waals surface area contributed by atoms with Crippen molar-refractivity contribution >= 4 is 23.2 Å². The molecule has 2 nitrogen and oxygen atoms in total. The summed E-state index contributed by atoms with van der Waals surface area (Å²) in [6, 6.07) is 13.7. The number of nitrogens with one attached hydrogen (secondary N) is 1. The van der Waals surface area contributed by atoms with Gasteiger partial charge in [0.25, 0.3) is 0 Å². The molecule has 4 heteroatoms. The van der Waals surface area contributed by atoms with E-state index in [1.54, 1.807) is 13.2 Å². The summed E-state index contributed by atoms with van der Waals surface area (Å²) in [4.78, 5) is 0. The summed E-state index contributed by atoms with van der Waals surface area (Å²) >= 11 is 12.2. The van der Waals surface area contributed by atoms with E-state index in [0.717, 1.165) is 23.4 Å². The van der Waals surface area contributed by atoms with Crippen LogP contribution in [0.25, 0.3) is 0 Å². The fraction of sp³-hybridized carbons (Fsp3) is 0.250. The summed E-state index contributed by atoms with van der Waals surface area (Å²) in [6.45, 7) is 2.92. The molecule has 0 saturated heterocycles. The number of hydrogen-bond donors (Lipinski definition) is 1. The Morgan fingerprint density at radius 2 is 1.60 bits per heavy atom. The minimum absolute atomic E-state index is 0.0575. The molecule has 0 aromatic heterocycles. The molecule has 1 unspecified atom stereocenters. The number of methoxy groups -OCH3 is 1. The van der Waals surface area contributed by atoms with Gasteiger partial charge in [-0.2, -0.15) is 0 Å². The van der Waals surface area contributed by atoms with Gasteiger partial charge in [0.05, 0.1) is 13.2 Å². The second-order valence-electron chi connectivity index (χ2n) is 4.47. The Morgan fingerprint density at radius 3 is 2.10 bits per heavy atom. The summed E-state index contributed by atoms with van der Waals surface area (Å²) in [5, 5.41) is 4.73. The van der Waals surface area contributed by atoms with E-state index in [0.29, 0.717) is 10.0 Å². The smallest absolute Gasteiger partial charge is 0.118 e. The lowest BCUT2D eigenvalue weighted by Gasteiger charge is -2.20. The fourth-order valence-corrected chi connectivity index (χ4v) is 2.71. The molecule has 0 radical (unpaired) electrons. The molecule has 0 amide bonds. The van der Waals surface area contributed by atoms with Gasteiger partial charge in [-0.1, -0.05) is 42.3 Å². The molecule has 20 heavy (non-hydrogen) atoms. The van der Waals surface area contributed by atoms with Crippen LogP contribution in [0.3, 0.4) is 0 Å². The Bertz CT molecular complexity index is 549. The molecule has 0 fully saturated rings. The lowest BCUT2D eigenvalue weighted by Crippen LogP contribution is -2.21. The normalized spacial score (nSPS) is 12.2. The van der Waals surface area contributed by atoms with Gasteiger partial charge in [-0.05, 0) is 48.0 Å². The number of rotatable bonds is 5. The summed E-state index contributed by atoms with van der Waals surface area (Å²) in [5.41, 5.74) is 2.19. The topological polar surface area (TPSA) is 21.3 Å². The summed E-state index contributed by atoms with van der Waals surface area (Å²) < 4.78 is 5.19. The zero-order valence-corrected chi connectivity index (χ0v) is 13.0. The van der Waals surface area contributed by atoms with Crippen LogP contribution < -0.4 is 10.1 Å². The molecule has 106 valence electrons. The Balaban J connectivity index is 2.38. The van der Waals surface area contributed by atoms with E-state index >= 15 is 0 Å². The van der Waals surface area contributed by atoms with Gasteiger partial charge in [-0.3, -0.25) is 0 Å². The molecule has 0 bridgehead atoms. The van der Waals surface area contributed by atoms with Gasteiger partial charge in [0, 0.05) is 10.0 Å². The third-order valence-electron chi connectivity index (χ3n) is 3.08. The Kier molecular flexibility index (Phi) is 5.30. The van der Waals surface area contributed by atoms with Gasteiger partial charge < -0.3 is 10.1 Å². The summed E-state index contributed by atoms with van der Waals surface area (Å²) in [5.74, 6) is 0.841. The highest BCUT2D eigenvalue weighted by Crippen LogP contribution is 2.28. The molecule has 0 aliphatic heterocycles. The Morgan fingerprint density at radius 1 is 1.00 bits per heavy atom. The van der Waals surface area contributed by atoms with Crippen molar-refractivity contribution in [2.75, 3.05) is 13.7 Å². The lowest BCUT2D eigenvalue weighted by molar-refractivity contribution is 0.414. The van der Waals surface area contributed by atoms with Crippen LogP contribution in [0.1, 0.15) is 24.1 Å². The lowest BCUT2D eigenvalue weighted by atomic mass is 9.98. The molecule has 0 heterocycles. The first-order valence-corrected chi connectivity index (χ1v) is 7.23. The van der Waals surface area contributed by atoms with E-state index in [-0.39, 0.29) is 6.04 Å². The van der Waals surface area contributed by atoms with Crippen molar-refractivity contribution in [1.82, 2.24) is 5.32 Å². The maximum atomic E-state index is 6.10. The second-order valence-corrected chi connectivity index (χ2v) is 5.34. The number of benzene rings is 2. The molecule has 0 aliphatic carbocycles. The second kappa shape index (κ2) is 6.98. The van der Waals surface area contributed by atoms with Crippen LogP contribution in [0.5, 0.6) is 5.75 Å². The van der Waals surface area contributed by atoms with Gasteiger partial charge in [0.2, 0.25) is 0 Å². The number of ether oxygens (including phenoxy) is 1. The third-order valence-corrected chi connectivity index (χ3v) is 3.51. The highest BCUT2D eigenvalue weighted by atomic mass is 35.5. The van der Waals surface area contributed by atoms with Gasteiger partial charge in [0.1, 0.15) is 5.75 Å². The Hall–Kier alpha value is -1.22. The van der Waals surface area contributed by atoms with Gasteiger partial charge in [-0.25, -0.2) is 0 Å². The van der Waals surface area contributed by atoms with Crippen LogP contribution in [-0.4, -0.2) is 13.7 Å². The van der Waals surface area contributed by atoms with E-state index in [1.807, 2.05) is 36.4 Å². The predicted molar refractivity (Wildman–Crippen MR) is 85.0 cm³/mol. The maximum absolute atomic E-state index is 6.10. The van der Waals surface area contributed by atoms with Crippen molar-refractivity contribution in [1.29, 1.82) is 0 Å². The summed E-state index contributed by atoms with van der Waals surface area (Å²) in [6.07, 6.45) is 0. The molecule has 2 rings (SSSR count). The van der Waals surface area contributed by atoms with Gasteiger partial charge >= 0.3 is 0 Å². The average molecular weight is 310 g/mol. The monoisotopic (exact) mass is 309 g/mol. The van der Waals surface area contributed by atoms with E-state index in [1.165, 1.54) is 0 Å².